The Morgan fingerprint density at radius 1 is 1.16 bits per heavy atom. The smallest absolute Gasteiger partial charge is 0.137 e. The largest absolute Gasteiger partial charge is 0.317 e. The molecule has 0 radical (unpaired) electrons. The summed E-state index contributed by atoms with van der Waals surface area (Å²) in [4.78, 5) is 4.10. The minimum absolute atomic E-state index is 0. The standard InChI is InChI=1S/C14H24N4.ClH/c1-2-4-13(5-3-1)14(6-8-15-9-7-14)10-18-12-16-11-17-18;/h11-13,15H,1-10H2;1H. The Kier molecular flexibility index (Phi) is 5.22. The highest BCUT2D eigenvalue weighted by atomic mass is 35.5. The molecule has 19 heavy (non-hydrogen) atoms. The first-order chi connectivity index (χ1) is 8.89. The maximum atomic E-state index is 4.34. The van der Waals surface area contributed by atoms with E-state index in [0.717, 1.165) is 12.5 Å². The van der Waals surface area contributed by atoms with Crippen molar-refractivity contribution < 1.29 is 0 Å². The molecule has 1 saturated carbocycles. The van der Waals surface area contributed by atoms with Crippen LogP contribution in [0.1, 0.15) is 44.9 Å². The molecule has 1 saturated heterocycles. The summed E-state index contributed by atoms with van der Waals surface area (Å²) < 4.78 is 2.06. The molecule has 1 aliphatic carbocycles. The van der Waals surface area contributed by atoms with Crippen LogP contribution in [0.25, 0.3) is 0 Å². The van der Waals surface area contributed by atoms with Gasteiger partial charge in [-0.3, -0.25) is 4.68 Å². The monoisotopic (exact) mass is 284 g/mol. The number of piperidine rings is 1. The molecule has 5 heteroatoms. The summed E-state index contributed by atoms with van der Waals surface area (Å²) in [5, 5.41) is 7.85. The fraction of sp³-hybridized carbons (Fsp3) is 0.857. The Balaban J connectivity index is 0.00000133. The van der Waals surface area contributed by atoms with Gasteiger partial charge in [0.2, 0.25) is 0 Å². The summed E-state index contributed by atoms with van der Waals surface area (Å²) >= 11 is 0. The third-order valence-electron chi connectivity index (χ3n) is 5.01. The molecule has 0 atom stereocenters. The van der Waals surface area contributed by atoms with Crippen LogP contribution in [0.4, 0.5) is 0 Å². The number of aromatic nitrogens is 3. The average Bonchev–Trinajstić information content (AvgIpc) is 2.94. The van der Waals surface area contributed by atoms with Crippen LogP contribution in [0.2, 0.25) is 0 Å². The first-order valence-corrected chi connectivity index (χ1v) is 7.42. The highest BCUT2D eigenvalue weighted by Gasteiger charge is 2.40. The van der Waals surface area contributed by atoms with Gasteiger partial charge in [0.15, 0.2) is 0 Å². The van der Waals surface area contributed by atoms with E-state index in [-0.39, 0.29) is 12.4 Å². The van der Waals surface area contributed by atoms with E-state index in [1.807, 2.05) is 6.33 Å². The van der Waals surface area contributed by atoms with Gasteiger partial charge in [0.05, 0.1) is 0 Å². The summed E-state index contributed by atoms with van der Waals surface area (Å²) in [6.07, 6.45) is 13.3. The summed E-state index contributed by atoms with van der Waals surface area (Å²) in [6, 6.07) is 0. The lowest BCUT2D eigenvalue weighted by Gasteiger charge is -2.45. The second-order valence-electron chi connectivity index (χ2n) is 6.04. The first kappa shape index (κ1) is 14.8. The average molecular weight is 285 g/mol. The molecule has 1 N–H and O–H groups in total. The molecule has 108 valence electrons. The lowest BCUT2D eigenvalue weighted by atomic mass is 9.64. The second-order valence-corrected chi connectivity index (χ2v) is 6.04. The van der Waals surface area contributed by atoms with Gasteiger partial charge in [-0.25, -0.2) is 4.98 Å². The molecule has 1 aliphatic heterocycles. The predicted molar refractivity (Wildman–Crippen MR) is 78.4 cm³/mol. The molecule has 2 heterocycles. The number of hydrogen-bond acceptors (Lipinski definition) is 3. The zero-order chi connectivity index (χ0) is 12.3. The highest BCUT2D eigenvalue weighted by molar-refractivity contribution is 5.85. The van der Waals surface area contributed by atoms with Gasteiger partial charge in [-0.2, -0.15) is 5.10 Å². The van der Waals surface area contributed by atoms with Gasteiger partial charge in [0.1, 0.15) is 12.7 Å². The van der Waals surface area contributed by atoms with E-state index in [1.54, 1.807) is 6.33 Å². The van der Waals surface area contributed by atoms with Crippen molar-refractivity contribution in [1.29, 1.82) is 0 Å². The Hall–Kier alpha value is -0.610. The van der Waals surface area contributed by atoms with Gasteiger partial charge in [0, 0.05) is 6.54 Å². The molecule has 0 amide bonds. The molecule has 0 aromatic carbocycles. The van der Waals surface area contributed by atoms with E-state index >= 15 is 0 Å². The summed E-state index contributed by atoms with van der Waals surface area (Å²) in [7, 11) is 0. The molecule has 2 aliphatic rings. The van der Waals surface area contributed by atoms with E-state index in [1.165, 1.54) is 58.0 Å². The number of rotatable bonds is 3. The molecule has 1 aromatic heterocycles. The van der Waals surface area contributed by atoms with Gasteiger partial charge in [-0.1, -0.05) is 19.3 Å². The van der Waals surface area contributed by atoms with Crippen molar-refractivity contribution in [1.82, 2.24) is 20.1 Å². The molecule has 2 fully saturated rings. The van der Waals surface area contributed by atoms with Crippen molar-refractivity contribution in [2.24, 2.45) is 11.3 Å². The Labute approximate surface area is 121 Å². The quantitative estimate of drug-likeness (QED) is 0.928. The third kappa shape index (κ3) is 3.29. The van der Waals surface area contributed by atoms with Crippen LogP contribution >= 0.6 is 12.4 Å². The first-order valence-electron chi connectivity index (χ1n) is 7.42. The molecule has 3 rings (SSSR count). The van der Waals surface area contributed by atoms with Crippen LogP contribution in [-0.4, -0.2) is 27.9 Å². The third-order valence-corrected chi connectivity index (χ3v) is 5.01. The maximum absolute atomic E-state index is 4.34. The molecule has 0 spiro atoms. The van der Waals surface area contributed by atoms with Crippen LogP contribution in [0, 0.1) is 11.3 Å². The van der Waals surface area contributed by atoms with E-state index in [4.69, 9.17) is 0 Å². The molecule has 0 bridgehead atoms. The Morgan fingerprint density at radius 2 is 1.89 bits per heavy atom. The van der Waals surface area contributed by atoms with Gasteiger partial charge in [0.25, 0.3) is 0 Å². The van der Waals surface area contributed by atoms with Crippen molar-refractivity contribution >= 4 is 12.4 Å². The van der Waals surface area contributed by atoms with Crippen LogP contribution in [0.5, 0.6) is 0 Å². The molecular formula is C14H25ClN4. The zero-order valence-electron chi connectivity index (χ0n) is 11.6. The fourth-order valence-corrected chi connectivity index (χ4v) is 3.97. The number of hydrogen-bond donors (Lipinski definition) is 1. The van der Waals surface area contributed by atoms with Gasteiger partial charge in [-0.05, 0) is 50.1 Å². The summed E-state index contributed by atoms with van der Waals surface area (Å²) in [5.74, 6) is 0.901. The van der Waals surface area contributed by atoms with Crippen molar-refractivity contribution in [3.05, 3.63) is 12.7 Å². The lowest BCUT2D eigenvalue weighted by molar-refractivity contribution is 0.0514. The minimum atomic E-state index is 0. The Bertz CT molecular complexity index is 354. The molecule has 4 nitrogen and oxygen atoms in total. The summed E-state index contributed by atoms with van der Waals surface area (Å²) in [5.41, 5.74) is 0.472. The zero-order valence-corrected chi connectivity index (χ0v) is 12.4. The van der Waals surface area contributed by atoms with Crippen molar-refractivity contribution in [2.75, 3.05) is 13.1 Å². The van der Waals surface area contributed by atoms with Crippen LogP contribution in [-0.2, 0) is 6.54 Å². The van der Waals surface area contributed by atoms with E-state index in [0.29, 0.717) is 5.41 Å². The number of nitrogens with one attached hydrogen (secondary N) is 1. The van der Waals surface area contributed by atoms with Gasteiger partial charge >= 0.3 is 0 Å². The highest BCUT2D eigenvalue weighted by Crippen LogP contribution is 2.45. The fourth-order valence-electron chi connectivity index (χ4n) is 3.97. The van der Waals surface area contributed by atoms with Crippen molar-refractivity contribution in [2.45, 2.75) is 51.5 Å². The lowest BCUT2D eigenvalue weighted by Crippen LogP contribution is -2.45. The van der Waals surface area contributed by atoms with E-state index < -0.39 is 0 Å². The van der Waals surface area contributed by atoms with Crippen molar-refractivity contribution in [3.63, 3.8) is 0 Å². The topological polar surface area (TPSA) is 42.7 Å². The SMILES string of the molecule is Cl.c1ncn(CC2(C3CCCCC3)CCNCC2)n1. The molecular weight excluding hydrogens is 260 g/mol. The number of nitrogens with zero attached hydrogens (tertiary/aromatic N) is 3. The van der Waals surface area contributed by atoms with Crippen molar-refractivity contribution in [3.8, 4) is 0 Å². The van der Waals surface area contributed by atoms with Gasteiger partial charge in [-0.15, -0.1) is 12.4 Å². The predicted octanol–water partition coefficient (Wildman–Crippen LogP) is 2.65. The molecule has 0 unspecified atom stereocenters. The Morgan fingerprint density at radius 3 is 2.53 bits per heavy atom. The molecule has 1 aromatic rings. The van der Waals surface area contributed by atoms with E-state index in [9.17, 15) is 0 Å². The summed E-state index contributed by atoms with van der Waals surface area (Å²) in [6.45, 7) is 3.41. The normalized spacial score (nSPS) is 23.8. The van der Waals surface area contributed by atoms with E-state index in [2.05, 4.69) is 20.1 Å². The minimum Gasteiger partial charge on any atom is -0.317 e. The van der Waals surface area contributed by atoms with Crippen LogP contribution < -0.4 is 5.32 Å². The van der Waals surface area contributed by atoms with Gasteiger partial charge < -0.3 is 5.32 Å². The maximum Gasteiger partial charge on any atom is 0.137 e. The number of halogens is 1. The second kappa shape index (κ2) is 6.71. The van der Waals surface area contributed by atoms with Crippen LogP contribution in [0.15, 0.2) is 12.7 Å². The van der Waals surface area contributed by atoms with Crippen LogP contribution in [0.3, 0.4) is 0 Å².